The van der Waals surface area contributed by atoms with Gasteiger partial charge in [-0.25, -0.2) is 0 Å². The molecule has 2 amide bonds. The SMILES string of the molecule is COc1ccc(OC)c(NC(=O)C(=O)Nc2ccc([N+](=O)[O-])cc2)c1. The van der Waals surface area contributed by atoms with E-state index in [2.05, 4.69) is 10.6 Å². The summed E-state index contributed by atoms with van der Waals surface area (Å²) in [5.74, 6) is -1.02. The molecule has 0 spiro atoms. The van der Waals surface area contributed by atoms with Crippen molar-refractivity contribution in [2.45, 2.75) is 0 Å². The molecule has 2 rings (SSSR count). The third-order valence-electron chi connectivity index (χ3n) is 3.20. The van der Waals surface area contributed by atoms with Crippen molar-refractivity contribution >= 4 is 28.9 Å². The summed E-state index contributed by atoms with van der Waals surface area (Å²) in [6.07, 6.45) is 0. The highest BCUT2D eigenvalue weighted by molar-refractivity contribution is 6.43. The number of nitro benzene ring substituents is 1. The van der Waals surface area contributed by atoms with Crippen molar-refractivity contribution in [2.24, 2.45) is 0 Å². The molecule has 0 radical (unpaired) electrons. The van der Waals surface area contributed by atoms with Crippen LogP contribution in [0.1, 0.15) is 0 Å². The molecular formula is C16H15N3O6. The van der Waals surface area contributed by atoms with Gasteiger partial charge in [0.2, 0.25) is 0 Å². The molecule has 0 heterocycles. The molecule has 0 saturated heterocycles. The smallest absolute Gasteiger partial charge is 0.314 e. The number of hydrogen-bond acceptors (Lipinski definition) is 6. The lowest BCUT2D eigenvalue weighted by atomic mass is 10.2. The summed E-state index contributed by atoms with van der Waals surface area (Å²) in [4.78, 5) is 34.0. The van der Waals surface area contributed by atoms with Crippen molar-refractivity contribution in [2.75, 3.05) is 24.9 Å². The van der Waals surface area contributed by atoms with Gasteiger partial charge in [-0.2, -0.15) is 0 Å². The molecule has 130 valence electrons. The van der Waals surface area contributed by atoms with Crippen LogP contribution in [0.4, 0.5) is 17.1 Å². The minimum absolute atomic E-state index is 0.122. The van der Waals surface area contributed by atoms with E-state index in [-0.39, 0.29) is 17.1 Å². The van der Waals surface area contributed by atoms with Crippen LogP contribution >= 0.6 is 0 Å². The van der Waals surface area contributed by atoms with E-state index in [0.717, 1.165) is 0 Å². The van der Waals surface area contributed by atoms with E-state index < -0.39 is 16.7 Å². The lowest BCUT2D eigenvalue weighted by molar-refractivity contribution is -0.384. The maximum atomic E-state index is 12.0. The molecule has 9 nitrogen and oxygen atoms in total. The first-order valence-corrected chi connectivity index (χ1v) is 7.03. The van der Waals surface area contributed by atoms with Crippen LogP contribution in [-0.4, -0.2) is 31.0 Å². The second-order valence-corrected chi connectivity index (χ2v) is 4.78. The van der Waals surface area contributed by atoms with Gasteiger partial charge in [-0.3, -0.25) is 19.7 Å². The number of non-ortho nitro benzene ring substituents is 1. The van der Waals surface area contributed by atoms with E-state index in [9.17, 15) is 19.7 Å². The number of carbonyl (C=O) groups is 2. The van der Waals surface area contributed by atoms with Gasteiger partial charge in [0.25, 0.3) is 5.69 Å². The fourth-order valence-electron chi connectivity index (χ4n) is 1.95. The van der Waals surface area contributed by atoms with Crippen molar-refractivity contribution in [1.29, 1.82) is 0 Å². The number of nitrogens with zero attached hydrogens (tertiary/aromatic N) is 1. The molecule has 0 aromatic heterocycles. The van der Waals surface area contributed by atoms with Crippen LogP contribution in [0.25, 0.3) is 0 Å². The van der Waals surface area contributed by atoms with Crippen LogP contribution in [0.15, 0.2) is 42.5 Å². The van der Waals surface area contributed by atoms with Gasteiger partial charge in [-0.15, -0.1) is 0 Å². The largest absolute Gasteiger partial charge is 0.497 e. The first kappa shape index (κ1) is 17.7. The summed E-state index contributed by atoms with van der Waals surface area (Å²) in [5.41, 5.74) is 0.401. The van der Waals surface area contributed by atoms with Crippen LogP contribution in [0.2, 0.25) is 0 Å². The zero-order valence-corrected chi connectivity index (χ0v) is 13.4. The van der Waals surface area contributed by atoms with Crippen LogP contribution in [0.5, 0.6) is 11.5 Å². The number of nitrogens with one attached hydrogen (secondary N) is 2. The van der Waals surface area contributed by atoms with Gasteiger partial charge in [-0.05, 0) is 24.3 Å². The third kappa shape index (κ3) is 4.44. The Morgan fingerprint density at radius 2 is 1.60 bits per heavy atom. The highest BCUT2D eigenvalue weighted by Gasteiger charge is 2.17. The number of carbonyl (C=O) groups excluding carboxylic acids is 2. The number of benzene rings is 2. The minimum Gasteiger partial charge on any atom is -0.497 e. The van der Waals surface area contributed by atoms with E-state index >= 15 is 0 Å². The fraction of sp³-hybridized carbons (Fsp3) is 0.125. The van der Waals surface area contributed by atoms with Gasteiger partial charge >= 0.3 is 11.8 Å². The molecule has 2 N–H and O–H groups in total. The van der Waals surface area contributed by atoms with Crippen molar-refractivity contribution in [3.8, 4) is 11.5 Å². The lowest BCUT2D eigenvalue weighted by Crippen LogP contribution is -2.29. The van der Waals surface area contributed by atoms with Gasteiger partial charge in [0.15, 0.2) is 0 Å². The number of rotatable bonds is 5. The molecule has 0 unspecified atom stereocenters. The van der Waals surface area contributed by atoms with Gasteiger partial charge in [0, 0.05) is 23.9 Å². The van der Waals surface area contributed by atoms with E-state index in [1.54, 1.807) is 12.1 Å². The summed E-state index contributed by atoms with van der Waals surface area (Å²) in [5, 5.41) is 15.4. The second kappa shape index (κ2) is 7.77. The Bertz CT molecular complexity index is 804. The normalized spacial score (nSPS) is 9.84. The predicted octanol–water partition coefficient (Wildman–Crippen LogP) is 2.19. The van der Waals surface area contributed by atoms with Crippen LogP contribution < -0.4 is 20.1 Å². The molecule has 2 aromatic carbocycles. The zero-order valence-electron chi connectivity index (χ0n) is 13.4. The molecule has 0 atom stereocenters. The molecule has 0 fully saturated rings. The van der Waals surface area contributed by atoms with Crippen LogP contribution in [0, 0.1) is 10.1 Å². The summed E-state index contributed by atoms with van der Waals surface area (Å²) >= 11 is 0. The molecular weight excluding hydrogens is 330 g/mol. The summed E-state index contributed by atoms with van der Waals surface area (Å²) in [6.45, 7) is 0. The summed E-state index contributed by atoms with van der Waals surface area (Å²) < 4.78 is 10.2. The van der Waals surface area contributed by atoms with Gasteiger partial charge in [0.1, 0.15) is 11.5 Å². The van der Waals surface area contributed by atoms with E-state index in [4.69, 9.17) is 9.47 Å². The topological polar surface area (TPSA) is 120 Å². The van der Waals surface area contributed by atoms with Gasteiger partial charge < -0.3 is 20.1 Å². The Kier molecular flexibility index (Phi) is 5.51. The summed E-state index contributed by atoms with van der Waals surface area (Å²) in [7, 11) is 2.89. The van der Waals surface area contributed by atoms with Gasteiger partial charge in [0.05, 0.1) is 24.8 Å². The van der Waals surface area contributed by atoms with E-state index in [1.165, 1.54) is 44.6 Å². The van der Waals surface area contributed by atoms with Crippen LogP contribution in [0.3, 0.4) is 0 Å². The summed E-state index contributed by atoms with van der Waals surface area (Å²) in [6, 6.07) is 9.84. The molecule has 0 bridgehead atoms. The quantitative estimate of drug-likeness (QED) is 0.487. The number of amides is 2. The lowest BCUT2D eigenvalue weighted by Gasteiger charge is -2.11. The maximum absolute atomic E-state index is 12.0. The number of ether oxygens (including phenoxy) is 2. The van der Waals surface area contributed by atoms with E-state index in [1.807, 2.05) is 0 Å². The monoisotopic (exact) mass is 345 g/mol. The van der Waals surface area contributed by atoms with Crippen LogP contribution in [-0.2, 0) is 9.59 Å². The van der Waals surface area contributed by atoms with E-state index in [0.29, 0.717) is 11.5 Å². The average molecular weight is 345 g/mol. The molecule has 0 saturated carbocycles. The Morgan fingerprint density at radius 1 is 0.960 bits per heavy atom. The molecule has 25 heavy (non-hydrogen) atoms. The average Bonchev–Trinajstić information content (AvgIpc) is 2.61. The first-order chi connectivity index (χ1) is 11.9. The molecule has 9 heteroatoms. The van der Waals surface area contributed by atoms with Crippen molar-refractivity contribution < 1.29 is 24.0 Å². The third-order valence-corrected chi connectivity index (χ3v) is 3.20. The standard InChI is InChI=1S/C16H15N3O6/c1-24-12-7-8-14(25-2)13(9-12)18-16(21)15(20)17-10-3-5-11(6-4-10)19(22)23/h3-9H,1-2H3,(H,17,20)(H,18,21). The second-order valence-electron chi connectivity index (χ2n) is 4.78. The molecule has 0 aliphatic carbocycles. The number of methoxy groups -OCH3 is 2. The Balaban J connectivity index is 2.07. The van der Waals surface area contributed by atoms with Gasteiger partial charge in [-0.1, -0.05) is 0 Å². The molecule has 0 aliphatic rings. The predicted molar refractivity (Wildman–Crippen MR) is 89.9 cm³/mol. The minimum atomic E-state index is -0.932. The van der Waals surface area contributed by atoms with Crippen molar-refractivity contribution in [3.63, 3.8) is 0 Å². The molecule has 2 aromatic rings. The highest BCUT2D eigenvalue weighted by Crippen LogP contribution is 2.28. The van der Waals surface area contributed by atoms with Crippen molar-refractivity contribution in [3.05, 3.63) is 52.6 Å². The fourth-order valence-corrected chi connectivity index (χ4v) is 1.95. The first-order valence-electron chi connectivity index (χ1n) is 7.03. The Labute approximate surface area is 142 Å². The number of hydrogen-bond donors (Lipinski definition) is 2. The number of anilines is 2. The number of nitro groups is 1. The Morgan fingerprint density at radius 3 is 2.16 bits per heavy atom. The Hall–Kier alpha value is -3.62. The highest BCUT2D eigenvalue weighted by atomic mass is 16.6. The zero-order chi connectivity index (χ0) is 18.4. The maximum Gasteiger partial charge on any atom is 0.314 e. The molecule has 0 aliphatic heterocycles. The van der Waals surface area contributed by atoms with Crippen molar-refractivity contribution in [1.82, 2.24) is 0 Å².